The van der Waals surface area contributed by atoms with Crippen LogP contribution in [0.2, 0.25) is 0 Å². The van der Waals surface area contributed by atoms with E-state index in [0.717, 1.165) is 12.8 Å². The van der Waals surface area contributed by atoms with Crippen LogP contribution < -0.4 is 11.1 Å². The minimum Gasteiger partial charge on any atom is -0.375 e. The van der Waals surface area contributed by atoms with Crippen molar-refractivity contribution in [3.8, 4) is 0 Å². The Morgan fingerprint density at radius 1 is 1.47 bits per heavy atom. The molecule has 0 aromatic carbocycles. The zero-order chi connectivity index (χ0) is 13.3. The van der Waals surface area contributed by atoms with Crippen LogP contribution >= 0.6 is 0 Å². The van der Waals surface area contributed by atoms with Crippen LogP contribution in [-0.2, 0) is 9.53 Å². The molecule has 1 aliphatic rings. The Labute approximate surface area is 104 Å². The number of carbonyl (C=O) groups excluding carboxylic acids is 1. The summed E-state index contributed by atoms with van der Waals surface area (Å²) >= 11 is 0. The number of ether oxygens (including phenoxy) is 1. The van der Waals surface area contributed by atoms with Crippen molar-refractivity contribution in [1.29, 1.82) is 0 Å². The predicted molar refractivity (Wildman–Crippen MR) is 68.6 cm³/mol. The van der Waals surface area contributed by atoms with Crippen molar-refractivity contribution in [1.82, 2.24) is 5.32 Å². The van der Waals surface area contributed by atoms with Crippen LogP contribution in [0.5, 0.6) is 0 Å². The Morgan fingerprint density at radius 3 is 2.53 bits per heavy atom. The normalized spacial score (nSPS) is 26.4. The van der Waals surface area contributed by atoms with E-state index in [2.05, 4.69) is 19.2 Å². The summed E-state index contributed by atoms with van der Waals surface area (Å²) in [5, 5.41) is 3.04. The van der Waals surface area contributed by atoms with E-state index in [4.69, 9.17) is 10.5 Å². The van der Waals surface area contributed by atoms with Gasteiger partial charge in [0.05, 0.1) is 11.6 Å². The van der Waals surface area contributed by atoms with E-state index in [-0.39, 0.29) is 23.0 Å². The average Bonchev–Trinajstić information content (AvgIpc) is 2.13. The van der Waals surface area contributed by atoms with E-state index in [1.54, 1.807) is 0 Å². The fourth-order valence-electron chi connectivity index (χ4n) is 2.04. The molecule has 2 unspecified atom stereocenters. The number of amides is 1. The Balaban J connectivity index is 2.52. The second-order valence-electron chi connectivity index (χ2n) is 6.65. The lowest BCUT2D eigenvalue weighted by molar-refractivity contribution is -0.127. The van der Waals surface area contributed by atoms with Gasteiger partial charge in [-0.05, 0) is 32.1 Å². The molecule has 4 nitrogen and oxygen atoms in total. The summed E-state index contributed by atoms with van der Waals surface area (Å²) in [7, 11) is 0. The van der Waals surface area contributed by atoms with Crippen molar-refractivity contribution in [2.45, 2.75) is 65.1 Å². The van der Waals surface area contributed by atoms with Gasteiger partial charge in [0.2, 0.25) is 5.91 Å². The zero-order valence-electron chi connectivity index (χ0n) is 11.7. The Hall–Kier alpha value is -0.610. The van der Waals surface area contributed by atoms with Crippen LogP contribution in [0, 0.1) is 5.41 Å². The largest absolute Gasteiger partial charge is 0.375 e. The Bertz CT molecular complexity index is 282. The summed E-state index contributed by atoms with van der Waals surface area (Å²) in [6.45, 7) is 10.7. The lowest BCUT2D eigenvalue weighted by Gasteiger charge is -2.37. The first-order chi connectivity index (χ1) is 7.62. The molecule has 0 spiro atoms. The number of carbonyl (C=O) groups is 1. The van der Waals surface area contributed by atoms with Crippen LogP contribution in [0.3, 0.4) is 0 Å². The van der Waals surface area contributed by atoms with Gasteiger partial charge >= 0.3 is 0 Å². The average molecular weight is 242 g/mol. The summed E-state index contributed by atoms with van der Waals surface area (Å²) in [5.74, 6) is -0.0554. The fourth-order valence-corrected chi connectivity index (χ4v) is 2.04. The highest BCUT2D eigenvalue weighted by molar-refractivity contribution is 5.82. The van der Waals surface area contributed by atoms with Gasteiger partial charge in [0.15, 0.2) is 0 Å². The van der Waals surface area contributed by atoms with Gasteiger partial charge in [-0.2, -0.15) is 0 Å². The molecular weight excluding hydrogens is 216 g/mol. The summed E-state index contributed by atoms with van der Waals surface area (Å²) < 4.78 is 5.62. The van der Waals surface area contributed by atoms with E-state index in [9.17, 15) is 4.79 Å². The van der Waals surface area contributed by atoms with Crippen molar-refractivity contribution in [2.24, 2.45) is 11.1 Å². The van der Waals surface area contributed by atoms with Gasteiger partial charge in [0.1, 0.15) is 0 Å². The van der Waals surface area contributed by atoms with E-state index >= 15 is 0 Å². The molecule has 0 saturated carbocycles. The maximum Gasteiger partial charge on any atom is 0.237 e. The molecule has 1 saturated heterocycles. The molecule has 0 bridgehead atoms. The van der Waals surface area contributed by atoms with Crippen molar-refractivity contribution >= 4 is 5.91 Å². The molecule has 0 aromatic heterocycles. The molecule has 100 valence electrons. The molecule has 3 N–H and O–H groups in total. The molecule has 2 atom stereocenters. The van der Waals surface area contributed by atoms with E-state index in [1.165, 1.54) is 0 Å². The third kappa shape index (κ3) is 4.28. The minimum absolute atomic E-state index is 0.0554. The quantitative estimate of drug-likeness (QED) is 0.770. The van der Waals surface area contributed by atoms with Crippen molar-refractivity contribution in [2.75, 3.05) is 6.61 Å². The molecule has 17 heavy (non-hydrogen) atoms. The molecule has 1 fully saturated rings. The second-order valence-corrected chi connectivity index (χ2v) is 6.65. The fraction of sp³-hybridized carbons (Fsp3) is 0.923. The molecular formula is C13H26N2O2. The van der Waals surface area contributed by atoms with Crippen LogP contribution in [0.1, 0.15) is 47.5 Å². The molecule has 0 aliphatic carbocycles. The highest BCUT2D eigenvalue weighted by Gasteiger charge is 2.33. The zero-order valence-corrected chi connectivity index (χ0v) is 11.7. The molecule has 1 heterocycles. The summed E-state index contributed by atoms with van der Waals surface area (Å²) in [6, 6.07) is -0.284. The SMILES string of the molecule is CC1(C)CC(NC(=O)C(N)C(C)(C)C)CCO1. The molecule has 1 rings (SSSR count). The Kier molecular flexibility index (Phi) is 4.20. The number of hydrogen-bond acceptors (Lipinski definition) is 3. The van der Waals surface area contributed by atoms with Gasteiger partial charge in [0.25, 0.3) is 0 Å². The number of nitrogens with one attached hydrogen (secondary N) is 1. The summed E-state index contributed by atoms with van der Waals surface area (Å²) in [6.07, 6.45) is 1.71. The standard InChI is InChI=1S/C13H26N2O2/c1-12(2,3)10(14)11(16)15-9-6-7-17-13(4,5)8-9/h9-10H,6-8,14H2,1-5H3,(H,15,16). The van der Waals surface area contributed by atoms with Gasteiger partial charge in [-0.25, -0.2) is 0 Å². The van der Waals surface area contributed by atoms with Gasteiger partial charge in [-0.1, -0.05) is 20.8 Å². The predicted octanol–water partition coefficient (Wildman–Crippen LogP) is 1.43. The van der Waals surface area contributed by atoms with Crippen molar-refractivity contribution < 1.29 is 9.53 Å². The van der Waals surface area contributed by atoms with Gasteiger partial charge in [-0.15, -0.1) is 0 Å². The van der Waals surface area contributed by atoms with Crippen LogP contribution in [0.25, 0.3) is 0 Å². The van der Waals surface area contributed by atoms with Crippen molar-refractivity contribution in [3.05, 3.63) is 0 Å². The number of hydrogen-bond donors (Lipinski definition) is 2. The van der Waals surface area contributed by atoms with E-state index in [1.807, 2.05) is 20.8 Å². The lowest BCUT2D eigenvalue weighted by Crippen LogP contribution is -2.54. The molecule has 0 aromatic rings. The second kappa shape index (κ2) is 4.94. The molecule has 1 aliphatic heterocycles. The van der Waals surface area contributed by atoms with Crippen molar-refractivity contribution in [3.63, 3.8) is 0 Å². The lowest BCUT2D eigenvalue weighted by atomic mass is 9.86. The maximum absolute atomic E-state index is 12.0. The van der Waals surface area contributed by atoms with E-state index in [0.29, 0.717) is 6.61 Å². The monoisotopic (exact) mass is 242 g/mol. The third-order valence-corrected chi connectivity index (χ3v) is 3.26. The minimum atomic E-state index is -0.464. The summed E-state index contributed by atoms with van der Waals surface area (Å²) in [4.78, 5) is 12.0. The molecule has 4 heteroatoms. The van der Waals surface area contributed by atoms with Gasteiger partial charge in [0, 0.05) is 12.6 Å². The first-order valence-corrected chi connectivity index (χ1v) is 6.32. The van der Waals surface area contributed by atoms with Crippen LogP contribution in [-0.4, -0.2) is 30.2 Å². The molecule has 1 amide bonds. The van der Waals surface area contributed by atoms with Crippen LogP contribution in [0.4, 0.5) is 0 Å². The van der Waals surface area contributed by atoms with E-state index < -0.39 is 6.04 Å². The third-order valence-electron chi connectivity index (χ3n) is 3.26. The highest BCUT2D eigenvalue weighted by Crippen LogP contribution is 2.24. The molecule has 0 radical (unpaired) electrons. The Morgan fingerprint density at radius 2 is 2.06 bits per heavy atom. The van der Waals surface area contributed by atoms with Crippen LogP contribution in [0.15, 0.2) is 0 Å². The topological polar surface area (TPSA) is 64.4 Å². The maximum atomic E-state index is 12.0. The first kappa shape index (κ1) is 14.5. The smallest absolute Gasteiger partial charge is 0.237 e. The van der Waals surface area contributed by atoms with Gasteiger partial charge in [-0.3, -0.25) is 4.79 Å². The highest BCUT2D eigenvalue weighted by atomic mass is 16.5. The number of rotatable bonds is 2. The van der Waals surface area contributed by atoms with Gasteiger partial charge < -0.3 is 15.8 Å². The first-order valence-electron chi connectivity index (χ1n) is 6.32. The summed E-state index contributed by atoms with van der Waals surface area (Å²) in [5.41, 5.74) is 5.58. The number of nitrogens with two attached hydrogens (primary N) is 1.